The Kier molecular flexibility index (Phi) is 3.90. The maximum absolute atomic E-state index is 11.9. The van der Waals surface area contributed by atoms with Crippen LogP contribution in [0.5, 0.6) is 0 Å². The molecule has 17 heavy (non-hydrogen) atoms. The second kappa shape index (κ2) is 4.71. The first kappa shape index (κ1) is 14.1. The molecule has 0 amide bonds. The van der Waals surface area contributed by atoms with Crippen LogP contribution in [0.2, 0.25) is 0 Å². The highest BCUT2D eigenvalue weighted by Crippen LogP contribution is 2.21. The number of rotatable bonds is 4. The van der Waals surface area contributed by atoms with E-state index >= 15 is 0 Å². The van der Waals surface area contributed by atoms with Crippen molar-refractivity contribution in [1.29, 1.82) is 0 Å². The largest absolute Gasteiger partial charge is 0.476 e. The van der Waals surface area contributed by atoms with Crippen molar-refractivity contribution in [3.63, 3.8) is 0 Å². The van der Waals surface area contributed by atoms with Gasteiger partial charge in [-0.15, -0.1) is 11.3 Å². The predicted molar refractivity (Wildman–Crippen MR) is 63.7 cm³/mol. The van der Waals surface area contributed by atoms with Gasteiger partial charge in [0.15, 0.2) is 9.90 Å². The highest BCUT2D eigenvalue weighted by Gasteiger charge is 2.26. The first-order valence-corrected chi connectivity index (χ1v) is 7.16. The highest BCUT2D eigenvalue weighted by atomic mass is 32.2. The first-order valence-electron chi connectivity index (χ1n) is 4.80. The van der Waals surface area contributed by atoms with Crippen molar-refractivity contribution in [2.45, 2.75) is 25.0 Å². The van der Waals surface area contributed by atoms with Crippen molar-refractivity contribution in [2.24, 2.45) is 5.41 Å². The summed E-state index contributed by atoms with van der Waals surface area (Å²) in [5, 5.41) is 8.80. The van der Waals surface area contributed by atoms with E-state index in [1.807, 2.05) is 20.8 Å². The molecule has 0 unspecified atom stereocenters. The molecule has 0 spiro atoms. The number of nitrogens with zero attached hydrogens (tertiary/aromatic N) is 1. The number of aromatic nitrogens is 1. The average Bonchev–Trinajstić information content (AvgIpc) is 2.62. The Morgan fingerprint density at radius 2 is 2.12 bits per heavy atom. The molecule has 0 bridgehead atoms. The minimum Gasteiger partial charge on any atom is -0.476 e. The van der Waals surface area contributed by atoms with Gasteiger partial charge in [0.1, 0.15) is 0 Å². The molecule has 0 fully saturated rings. The standard InChI is InChI=1S/C9H14N2O4S2/c1-9(2,3)4-11-17(14,15)8-6(7(12)13)10-5-16-8/h5,11H,4H2,1-3H3,(H,12,13). The molecular weight excluding hydrogens is 264 g/mol. The van der Waals surface area contributed by atoms with Crippen LogP contribution in [-0.2, 0) is 10.0 Å². The molecule has 0 saturated heterocycles. The van der Waals surface area contributed by atoms with E-state index in [-0.39, 0.29) is 16.2 Å². The summed E-state index contributed by atoms with van der Waals surface area (Å²) in [5.74, 6) is -1.35. The molecule has 0 saturated carbocycles. The fourth-order valence-corrected chi connectivity index (χ4v) is 3.41. The number of hydrogen-bond donors (Lipinski definition) is 2. The number of hydrogen-bond acceptors (Lipinski definition) is 5. The lowest BCUT2D eigenvalue weighted by Gasteiger charge is -2.18. The number of thiazole rings is 1. The summed E-state index contributed by atoms with van der Waals surface area (Å²) in [4.78, 5) is 14.3. The summed E-state index contributed by atoms with van der Waals surface area (Å²) < 4.78 is 25.8. The van der Waals surface area contributed by atoms with Crippen LogP contribution >= 0.6 is 11.3 Å². The van der Waals surface area contributed by atoms with E-state index in [4.69, 9.17) is 5.11 Å². The zero-order chi connectivity index (χ0) is 13.3. The van der Waals surface area contributed by atoms with Gasteiger partial charge in [-0.1, -0.05) is 20.8 Å². The van der Waals surface area contributed by atoms with E-state index in [9.17, 15) is 13.2 Å². The van der Waals surface area contributed by atoms with Crippen LogP contribution in [0.4, 0.5) is 0 Å². The summed E-state index contributed by atoms with van der Waals surface area (Å²) in [6.07, 6.45) is 0. The third kappa shape index (κ3) is 3.76. The number of sulfonamides is 1. The maximum atomic E-state index is 11.9. The number of carboxylic acid groups (broad SMARTS) is 1. The van der Waals surface area contributed by atoms with Crippen molar-refractivity contribution in [2.75, 3.05) is 6.54 Å². The highest BCUT2D eigenvalue weighted by molar-refractivity contribution is 7.91. The third-order valence-corrected chi connectivity index (χ3v) is 4.55. The third-order valence-electron chi connectivity index (χ3n) is 1.77. The molecule has 96 valence electrons. The van der Waals surface area contributed by atoms with Gasteiger partial charge in [-0.2, -0.15) is 0 Å². The van der Waals surface area contributed by atoms with Gasteiger partial charge < -0.3 is 5.11 Å². The fraction of sp³-hybridized carbons (Fsp3) is 0.556. The lowest BCUT2D eigenvalue weighted by atomic mass is 9.98. The monoisotopic (exact) mass is 278 g/mol. The quantitative estimate of drug-likeness (QED) is 0.861. The van der Waals surface area contributed by atoms with Gasteiger partial charge in [0.2, 0.25) is 0 Å². The van der Waals surface area contributed by atoms with Gasteiger partial charge in [0, 0.05) is 6.54 Å². The molecule has 0 aliphatic carbocycles. The molecule has 1 aromatic rings. The Morgan fingerprint density at radius 1 is 1.53 bits per heavy atom. The number of carbonyl (C=O) groups is 1. The Balaban J connectivity index is 2.98. The van der Waals surface area contributed by atoms with Gasteiger partial charge in [-0.3, -0.25) is 0 Å². The zero-order valence-corrected chi connectivity index (χ0v) is 11.4. The zero-order valence-electron chi connectivity index (χ0n) is 9.72. The number of nitrogens with one attached hydrogen (secondary N) is 1. The minimum absolute atomic E-state index is 0.221. The van der Waals surface area contributed by atoms with Crippen LogP contribution in [0.15, 0.2) is 9.72 Å². The summed E-state index contributed by atoms with van der Waals surface area (Å²) in [5.41, 5.74) is 0.549. The first-order chi connectivity index (χ1) is 7.63. The van der Waals surface area contributed by atoms with E-state index in [1.165, 1.54) is 5.51 Å². The summed E-state index contributed by atoms with van der Waals surface area (Å²) in [6.45, 7) is 5.85. The molecule has 0 aromatic carbocycles. The van der Waals surface area contributed by atoms with Crippen molar-refractivity contribution in [3.8, 4) is 0 Å². The van der Waals surface area contributed by atoms with Crippen LogP contribution in [0.3, 0.4) is 0 Å². The summed E-state index contributed by atoms with van der Waals surface area (Å²) >= 11 is 0.793. The topological polar surface area (TPSA) is 96.4 Å². The second-order valence-corrected chi connectivity index (χ2v) is 7.50. The van der Waals surface area contributed by atoms with E-state index < -0.39 is 21.7 Å². The van der Waals surface area contributed by atoms with Crippen LogP contribution in [0.1, 0.15) is 31.3 Å². The van der Waals surface area contributed by atoms with Crippen LogP contribution in [-0.4, -0.2) is 31.0 Å². The smallest absolute Gasteiger partial charge is 0.356 e. The SMILES string of the molecule is CC(C)(C)CNS(=O)(=O)c1scnc1C(=O)O. The Bertz CT molecular complexity index is 513. The molecule has 8 heteroatoms. The van der Waals surface area contributed by atoms with Gasteiger partial charge in [-0.05, 0) is 5.41 Å². The Hall–Kier alpha value is -0.990. The molecule has 0 aliphatic heterocycles. The molecule has 1 heterocycles. The van der Waals surface area contributed by atoms with Crippen LogP contribution in [0, 0.1) is 5.41 Å². The van der Waals surface area contributed by atoms with Crippen molar-refractivity contribution < 1.29 is 18.3 Å². The Morgan fingerprint density at radius 3 is 2.59 bits per heavy atom. The molecule has 0 radical (unpaired) electrons. The lowest BCUT2D eigenvalue weighted by molar-refractivity contribution is 0.0687. The van der Waals surface area contributed by atoms with Gasteiger partial charge in [-0.25, -0.2) is 22.9 Å². The second-order valence-electron chi connectivity index (χ2n) is 4.68. The Labute approximate surface area is 104 Å². The average molecular weight is 278 g/mol. The maximum Gasteiger partial charge on any atom is 0.356 e. The van der Waals surface area contributed by atoms with Gasteiger partial charge >= 0.3 is 5.97 Å². The minimum atomic E-state index is -3.80. The fourth-order valence-electron chi connectivity index (χ4n) is 0.946. The van der Waals surface area contributed by atoms with Crippen LogP contribution < -0.4 is 4.72 Å². The van der Waals surface area contributed by atoms with E-state index in [1.54, 1.807) is 0 Å². The van der Waals surface area contributed by atoms with E-state index in [0.717, 1.165) is 11.3 Å². The molecule has 1 rings (SSSR count). The number of carboxylic acids is 1. The summed E-state index contributed by atoms with van der Waals surface area (Å²) in [6, 6.07) is 0. The molecule has 0 aliphatic rings. The van der Waals surface area contributed by atoms with Gasteiger partial charge in [0.25, 0.3) is 10.0 Å². The van der Waals surface area contributed by atoms with Crippen molar-refractivity contribution >= 4 is 27.3 Å². The normalized spacial score (nSPS) is 12.6. The van der Waals surface area contributed by atoms with E-state index in [0.29, 0.717) is 0 Å². The molecular formula is C9H14N2O4S2. The van der Waals surface area contributed by atoms with Crippen molar-refractivity contribution in [1.82, 2.24) is 9.71 Å². The predicted octanol–water partition coefficient (Wildman–Crippen LogP) is 1.17. The lowest BCUT2D eigenvalue weighted by Crippen LogP contribution is -2.32. The molecule has 0 atom stereocenters. The van der Waals surface area contributed by atoms with Gasteiger partial charge in [0.05, 0.1) is 5.51 Å². The van der Waals surface area contributed by atoms with E-state index in [2.05, 4.69) is 9.71 Å². The van der Waals surface area contributed by atoms with Crippen molar-refractivity contribution in [3.05, 3.63) is 11.2 Å². The number of aromatic carboxylic acids is 1. The molecule has 6 nitrogen and oxygen atoms in total. The summed E-state index contributed by atoms with van der Waals surface area (Å²) in [7, 11) is -3.80. The molecule has 1 aromatic heterocycles. The van der Waals surface area contributed by atoms with Crippen LogP contribution in [0.25, 0.3) is 0 Å². The molecule has 2 N–H and O–H groups in total.